The monoisotopic (exact) mass is 1720 g/mol. The maximum absolute atomic E-state index is 14.7. The number of likely N-dealkylation sites (N-methyl/N-ethyl adjacent to an activating group) is 2. The second-order valence-corrected chi connectivity index (χ2v) is 35.0. The van der Waals surface area contributed by atoms with E-state index in [1.54, 1.807) is 56.9 Å². The number of ether oxygens (including phenoxy) is 4. The lowest BCUT2D eigenvalue weighted by Crippen LogP contribution is -2.54. The summed E-state index contributed by atoms with van der Waals surface area (Å²) in [4.78, 5) is 182. The summed E-state index contributed by atoms with van der Waals surface area (Å²) >= 11 is 11.6. The Kier molecular flexibility index (Phi) is 41.5. The molecule has 0 saturated carbocycles. The first-order valence-electron chi connectivity index (χ1n) is 42.6. The van der Waals surface area contributed by atoms with E-state index in [1.807, 2.05) is 103 Å². The van der Waals surface area contributed by atoms with E-state index in [9.17, 15) is 82.8 Å². The third-order valence-corrected chi connectivity index (χ3v) is 25.1. The van der Waals surface area contributed by atoms with Gasteiger partial charge in [-0.25, -0.2) is 4.79 Å². The predicted molar refractivity (Wildman–Crippen MR) is 450 cm³/mol. The van der Waals surface area contributed by atoms with Crippen LogP contribution in [-0.2, 0) is 95.7 Å². The van der Waals surface area contributed by atoms with Crippen LogP contribution in [0.2, 0.25) is 0 Å². The first-order chi connectivity index (χ1) is 56.7. The molecule has 670 valence electrons. The second-order valence-electron chi connectivity index (χ2n) is 34.3. The molecule has 4 aliphatic heterocycles. The highest BCUT2D eigenvalue weighted by atomic mass is 35.5. The summed E-state index contributed by atoms with van der Waals surface area (Å²) in [5.41, 5.74) is 7.62. The minimum Gasteiger partial charge on any atom is -0.388 e. The number of aliphatic hydroxyl groups is 4. The van der Waals surface area contributed by atoms with Gasteiger partial charge in [0.15, 0.2) is 11.6 Å². The van der Waals surface area contributed by atoms with Gasteiger partial charge in [-0.05, 0) is 112 Å². The first-order valence-corrected chi connectivity index (χ1v) is 43.3. The average molecular weight is 1720 g/mol. The van der Waals surface area contributed by atoms with Crippen molar-refractivity contribution in [2.24, 2.45) is 53.1 Å². The number of aliphatic hydroxyl groups excluding tert-OH is 4. The molecule has 2 aromatic rings. The summed E-state index contributed by atoms with van der Waals surface area (Å²) in [6.07, 6.45) is -8.75. The van der Waals surface area contributed by atoms with E-state index >= 15 is 0 Å². The van der Waals surface area contributed by atoms with Crippen molar-refractivity contribution >= 4 is 99.5 Å². The summed E-state index contributed by atoms with van der Waals surface area (Å²) in [6, 6.07) is 13.4. The molecule has 0 aliphatic carbocycles. The number of imide groups is 1. The predicted octanol–water partition coefficient (Wildman–Crippen LogP) is 6.02. The van der Waals surface area contributed by atoms with Gasteiger partial charge in [0.25, 0.3) is 11.8 Å². The summed E-state index contributed by atoms with van der Waals surface area (Å²) in [5.74, 6) is -8.18. The Morgan fingerprint density at radius 1 is 0.625 bits per heavy atom. The zero-order chi connectivity index (χ0) is 89.1. The Labute approximate surface area is 716 Å². The maximum atomic E-state index is 14.7. The number of benzene rings is 2. The molecule has 0 bridgehead atoms. The van der Waals surface area contributed by atoms with Crippen LogP contribution in [0.5, 0.6) is 0 Å². The molecule has 0 aromatic heterocycles. The molecule has 2 aromatic carbocycles. The van der Waals surface area contributed by atoms with Gasteiger partial charge in [0, 0.05) is 123 Å². The molecule has 4 heterocycles. The third kappa shape index (κ3) is 29.1. The maximum Gasteiger partial charge on any atom is 0.312 e. The van der Waals surface area contributed by atoms with E-state index < -0.39 is 157 Å². The highest BCUT2D eigenvalue weighted by Gasteiger charge is 2.48. The fraction of sp³-hybridized carbons (Fsp3) is 0.693. The second kappa shape index (κ2) is 49.1. The molecule has 3 saturated heterocycles. The smallest absolute Gasteiger partial charge is 0.312 e. The third-order valence-electron chi connectivity index (χ3n) is 24.3. The van der Waals surface area contributed by atoms with Crippen molar-refractivity contribution in [3.8, 4) is 0 Å². The van der Waals surface area contributed by atoms with Crippen molar-refractivity contribution in [1.82, 2.24) is 40.9 Å². The van der Waals surface area contributed by atoms with Crippen molar-refractivity contribution in [2.75, 3.05) is 68.1 Å². The van der Waals surface area contributed by atoms with E-state index in [-0.39, 0.29) is 172 Å². The summed E-state index contributed by atoms with van der Waals surface area (Å²) in [6.45, 7) is 17.7. The fourth-order valence-electron chi connectivity index (χ4n) is 17.1. The van der Waals surface area contributed by atoms with Crippen LogP contribution in [0.4, 0.5) is 4.79 Å². The number of nitrogens with zero attached hydrogens (tertiary/aromatic N) is 4. The number of nitrogens with two attached hydrogens (primary N) is 1. The van der Waals surface area contributed by atoms with Crippen LogP contribution in [0, 0.1) is 47.3 Å². The SMILES string of the molecule is CC[C@H](C)C(C(CC(=O)N1CCCC1C(OC)C(C)C(=O)C[C@@H](Cc1ccccc1)C(=O)NCCc1ccc(CC(=O)C(CCCNC(N)=O)NC(=O)[C@H](CC(=O)C[C@@H]2O[C@H](CNC(=O)C[C@@H]3OC(CCC(=O)CCCCCN4C(=O)C(Cl)=C(Cl)C4=O)[C@@H](O)[C@H]3O)[C@@H](O)[C@H]2O)C(C)C)cc1)OC)N(C)C(=O)[C@@H](CC(=O)C(C(C)C)N(C)C)C(C)C. The molecule has 19 atom stereocenters. The van der Waals surface area contributed by atoms with Crippen LogP contribution in [0.25, 0.3) is 0 Å². The number of rotatable bonds is 53. The molecule has 30 nitrogen and oxygen atoms in total. The highest BCUT2D eigenvalue weighted by molar-refractivity contribution is 6.58. The number of carbonyl (C=O) groups is 13. The van der Waals surface area contributed by atoms with E-state index in [0.717, 1.165) is 16.0 Å². The Balaban J connectivity index is 0.990. The molecule has 10 N–H and O–H groups in total. The van der Waals surface area contributed by atoms with Gasteiger partial charge in [-0.1, -0.05) is 153 Å². The lowest BCUT2D eigenvalue weighted by molar-refractivity contribution is -0.149. The molecular weight excluding hydrogens is 1590 g/mol. The number of hydrogen-bond acceptors (Lipinski definition) is 22. The fourth-order valence-corrected chi connectivity index (χ4v) is 17.5. The molecule has 0 spiro atoms. The molecule has 3 fully saturated rings. The standard InChI is InChI=1S/C88H133Cl2N9O21/c1-15-52(8)77(97(12)85(113)61(50(4)5)45-66(104)76(51(6)7)96(10)11)68(117-13)47-73(106)98-39-23-28-63(98)82(118-14)53(9)64(102)42-57(40-55-24-18-16-19-25-55)83(111)92-37-35-54-29-31-56(32-30-54)41-65(103)62(27-22-36-93-88(91)116)95-84(112)60(49(2)3)43-59(101)44-69-79(108)81(110)71(120-69)48-94-72(105)46-70-80(109)78(107)67(119-70)34-33-58(100)26-20-17-21-38-99-86(114)74(89)75(90)87(99)115/h16,18-19,24-25,29-32,49-53,57,60-63,67-71,76-82,107-110H,15,17,20-23,26-28,33-48H2,1-14H3,(H,92,111)(H,94,105)(H,95,112)(H3,91,93,116)/t52-,53?,57+,60+,61-,62?,63?,67?,68?,69-,70-,71+,76?,77?,78+,79-,80-,81+,82?/m0/s1. The quantitative estimate of drug-likeness (QED) is 0.0270. The molecule has 0 radical (unpaired) electrons. The number of halogens is 2. The zero-order valence-electron chi connectivity index (χ0n) is 72.4. The van der Waals surface area contributed by atoms with Gasteiger partial charge < -0.3 is 76.2 Å². The normalized spacial score (nSPS) is 22.6. The van der Waals surface area contributed by atoms with Crippen molar-refractivity contribution in [3.63, 3.8) is 0 Å². The van der Waals surface area contributed by atoms with E-state index in [0.29, 0.717) is 57.1 Å². The Bertz CT molecular complexity index is 3780. The van der Waals surface area contributed by atoms with Crippen LogP contribution in [0.1, 0.15) is 188 Å². The number of unbranched alkanes of at least 4 members (excludes halogenated alkanes) is 2. The van der Waals surface area contributed by atoms with Crippen molar-refractivity contribution in [3.05, 3.63) is 81.4 Å². The number of hydrogen-bond donors (Lipinski definition) is 9. The summed E-state index contributed by atoms with van der Waals surface area (Å²) in [7, 11) is 8.56. The minimum atomic E-state index is -1.57. The molecule has 8 unspecified atom stereocenters. The lowest BCUT2D eigenvalue weighted by Gasteiger charge is -2.41. The first kappa shape index (κ1) is 101. The number of ketones is 5. The zero-order valence-corrected chi connectivity index (χ0v) is 73.9. The number of nitrogens with one attached hydrogen (secondary N) is 4. The number of likely N-dealkylation sites (tertiary alicyclic amines) is 1. The van der Waals surface area contributed by atoms with Crippen molar-refractivity contribution < 1.29 is 102 Å². The van der Waals surface area contributed by atoms with Crippen LogP contribution in [-0.4, -0.2) is 270 Å². The molecule has 32 heteroatoms. The van der Waals surface area contributed by atoms with Crippen LogP contribution in [0.15, 0.2) is 64.7 Å². The van der Waals surface area contributed by atoms with E-state index in [1.165, 1.54) is 7.11 Å². The molecular formula is C88H133Cl2N9O21. The molecule has 9 amide bonds. The number of methoxy groups -OCH3 is 2. The van der Waals surface area contributed by atoms with Crippen LogP contribution >= 0.6 is 23.2 Å². The van der Waals surface area contributed by atoms with Gasteiger partial charge in [0.2, 0.25) is 29.5 Å². The number of Topliss-reactive ketones (excluding diaryl/α,β-unsaturated/α-hetero) is 5. The minimum absolute atomic E-state index is 0.00176. The largest absolute Gasteiger partial charge is 0.388 e. The van der Waals surface area contributed by atoms with Crippen LogP contribution in [0.3, 0.4) is 0 Å². The summed E-state index contributed by atoms with van der Waals surface area (Å²) < 4.78 is 24.0. The number of primary amides is 1. The van der Waals surface area contributed by atoms with E-state index in [2.05, 4.69) is 21.3 Å². The Morgan fingerprint density at radius 3 is 1.82 bits per heavy atom. The lowest BCUT2D eigenvalue weighted by atomic mass is 9.83. The molecule has 4 aliphatic rings. The Hall–Kier alpha value is -7.49. The molecule has 6 rings (SSSR count). The van der Waals surface area contributed by atoms with Crippen LogP contribution < -0.4 is 27.0 Å². The summed E-state index contributed by atoms with van der Waals surface area (Å²) in [5, 5.41) is 53.8. The highest BCUT2D eigenvalue weighted by Crippen LogP contribution is 2.35. The van der Waals surface area contributed by atoms with Crippen molar-refractivity contribution in [2.45, 2.75) is 276 Å². The number of carbonyl (C=O) groups excluding carboxylic acids is 13. The number of amides is 9. The van der Waals surface area contributed by atoms with Gasteiger partial charge in [-0.2, -0.15) is 0 Å². The van der Waals surface area contributed by atoms with Gasteiger partial charge in [-0.3, -0.25) is 67.3 Å². The van der Waals surface area contributed by atoms with E-state index in [4.69, 9.17) is 47.9 Å². The van der Waals surface area contributed by atoms with Crippen molar-refractivity contribution in [1.29, 1.82) is 0 Å². The molecule has 120 heavy (non-hydrogen) atoms. The van der Waals surface area contributed by atoms with Gasteiger partial charge in [0.1, 0.15) is 57.9 Å². The Morgan fingerprint density at radius 2 is 1.23 bits per heavy atom. The van der Waals surface area contributed by atoms with Gasteiger partial charge in [0.05, 0.1) is 67.5 Å². The van der Waals surface area contributed by atoms with Gasteiger partial charge in [-0.15, -0.1) is 0 Å². The average Bonchev–Trinajstić information content (AvgIpc) is 1.22. The van der Waals surface area contributed by atoms with Gasteiger partial charge >= 0.3 is 6.03 Å². The number of urea groups is 1. The topological polar surface area (TPSA) is 427 Å².